The van der Waals surface area contributed by atoms with Gasteiger partial charge >= 0.3 is 11.9 Å². The summed E-state index contributed by atoms with van der Waals surface area (Å²) in [5.41, 5.74) is -2.48. The molecule has 21 heavy (non-hydrogen) atoms. The largest absolute Gasteiger partial charge is 0.481 e. The summed E-state index contributed by atoms with van der Waals surface area (Å²) >= 11 is 0. The Kier molecular flexibility index (Phi) is 2.63. The van der Waals surface area contributed by atoms with Crippen LogP contribution in [0.3, 0.4) is 0 Å². The molecule has 0 aromatic carbocycles. The van der Waals surface area contributed by atoms with Gasteiger partial charge in [-0.05, 0) is 19.4 Å². The van der Waals surface area contributed by atoms with Gasteiger partial charge in [-0.15, -0.1) is 0 Å². The topological polar surface area (TPSA) is 113 Å². The number of piperidine rings is 1. The maximum atomic E-state index is 12.3. The van der Waals surface area contributed by atoms with Gasteiger partial charge in [-0.2, -0.15) is 5.10 Å². The van der Waals surface area contributed by atoms with Gasteiger partial charge in [0.15, 0.2) is 0 Å². The minimum absolute atomic E-state index is 0.0769. The molecule has 2 aliphatic rings. The summed E-state index contributed by atoms with van der Waals surface area (Å²) in [7, 11) is 0. The minimum atomic E-state index is -1.35. The van der Waals surface area contributed by atoms with Gasteiger partial charge in [0.1, 0.15) is 16.5 Å². The smallest absolute Gasteiger partial charge is 0.312 e. The number of hydrogen-bond donors (Lipinski definition) is 2. The fraction of sp³-hybridized carbons (Fsp3) is 0.538. The molecule has 0 bridgehead atoms. The highest BCUT2D eigenvalue weighted by Crippen LogP contribution is 2.68. The average Bonchev–Trinajstić information content (AvgIpc) is 2.79. The number of carbonyl (C=O) groups excluding carboxylic acids is 1. The quantitative estimate of drug-likeness (QED) is 0.802. The third kappa shape index (κ3) is 1.61. The van der Waals surface area contributed by atoms with Crippen molar-refractivity contribution >= 4 is 17.8 Å². The molecule has 1 saturated carbocycles. The standard InChI is InChI=1S/C13H15N3O5/c1-2-16-4-3-8(14-16)9(17)15-6-12(10(18)19)5-13(12,7-15)11(20)21/h3-4H,2,5-7H2,1H3,(H,18,19)(H,20,21)/t12-,13+. The number of carboxylic acid groups (broad SMARTS) is 2. The Morgan fingerprint density at radius 1 is 1.24 bits per heavy atom. The Morgan fingerprint density at radius 3 is 2.24 bits per heavy atom. The predicted octanol–water partition coefficient (Wildman–Crippen LogP) is -0.0955. The average molecular weight is 293 g/mol. The van der Waals surface area contributed by atoms with E-state index in [1.807, 2.05) is 6.92 Å². The van der Waals surface area contributed by atoms with Crippen LogP contribution >= 0.6 is 0 Å². The molecule has 112 valence electrons. The van der Waals surface area contributed by atoms with Crippen LogP contribution in [0.15, 0.2) is 12.3 Å². The van der Waals surface area contributed by atoms with E-state index in [-0.39, 0.29) is 25.2 Å². The summed E-state index contributed by atoms with van der Waals surface area (Å²) in [6.45, 7) is 2.34. The first-order chi connectivity index (χ1) is 9.86. The van der Waals surface area contributed by atoms with Crippen LogP contribution in [0.2, 0.25) is 0 Å². The second-order valence-electron chi connectivity index (χ2n) is 5.67. The summed E-state index contributed by atoms with van der Waals surface area (Å²) in [6.07, 6.45) is 1.74. The van der Waals surface area contributed by atoms with Crippen molar-refractivity contribution in [3.05, 3.63) is 18.0 Å². The normalized spacial score (nSPS) is 30.0. The summed E-state index contributed by atoms with van der Waals surface area (Å²) in [6, 6.07) is 1.55. The summed E-state index contributed by atoms with van der Waals surface area (Å²) in [5.74, 6) is -2.73. The molecule has 2 atom stereocenters. The van der Waals surface area contributed by atoms with E-state index in [1.54, 1.807) is 16.9 Å². The van der Waals surface area contributed by atoms with Gasteiger partial charge < -0.3 is 15.1 Å². The summed E-state index contributed by atoms with van der Waals surface area (Å²) in [5, 5.41) is 22.7. The predicted molar refractivity (Wildman–Crippen MR) is 68.6 cm³/mol. The molecule has 1 saturated heterocycles. The van der Waals surface area contributed by atoms with Gasteiger partial charge in [-0.25, -0.2) is 0 Å². The molecule has 1 aliphatic heterocycles. The summed E-state index contributed by atoms with van der Waals surface area (Å²) in [4.78, 5) is 36.4. The molecule has 0 radical (unpaired) electrons. The lowest BCUT2D eigenvalue weighted by Gasteiger charge is -2.18. The Labute approximate surface area is 120 Å². The van der Waals surface area contributed by atoms with Crippen molar-refractivity contribution in [2.24, 2.45) is 10.8 Å². The van der Waals surface area contributed by atoms with Gasteiger partial charge in [-0.1, -0.05) is 0 Å². The molecule has 0 unspecified atom stereocenters. The molecule has 1 aromatic rings. The van der Waals surface area contributed by atoms with Crippen LogP contribution in [0.5, 0.6) is 0 Å². The van der Waals surface area contributed by atoms with Crippen LogP contribution in [-0.4, -0.2) is 55.8 Å². The number of aryl methyl sites for hydroxylation is 1. The van der Waals surface area contributed by atoms with Gasteiger partial charge in [0.2, 0.25) is 0 Å². The lowest BCUT2D eigenvalue weighted by atomic mass is 9.97. The van der Waals surface area contributed by atoms with Crippen molar-refractivity contribution in [2.75, 3.05) is 13.1 Å². The highest BCUT2D eigenvalue weighted by atomic mass is 16.4. The van der Waals surface area contributed by atoms with Crippen molar-refractivity contribution in [1.29, 1.82) is 0 Å². The fourth-order valence-electron chi connectivity index (χ4n) is 3.25. The Morgan fingerprint density at radius 2 is 1.81 bits per heavy atom. The van der Waals surface area contributed by atoms with E-state index < -0.39 is 28.7 Å². The zero-order valence-corrected chi connectivity index (χ0v) is 11.4. The van der Waals surface area contributed by atoms with Crippen molar-refractivity contribution in [2.45, 2.75) is 19.9 Å². The number of carboxylic acids is 2. The number of amides is 1. The van der Waals surface area contributed by atoms with Crippen molar-refractivity contribution < 1.29 is 24.6 Å². The number of fused-ring (bicyclic) bond motifs is 1. The Balaban J connectivity index is 1.85. The first kappa shape index (κ1) is 13.6. The van der Waals surface area contributed by atoms with Crippen LogP contribution in [-0.2, 0) is 16.1 Å². The molecular formula is C13H15N3O5. The highest BCUT2D eigenvalue weighted by Gasteiger charge is 2.81. The fourth-order valence-corrected chi connectivity index (χ4v) is 3.25. The molecular weight excluding hydrogens is 278 g/mol. The van der Waals surface area contributed by atoms with Crippen LogP contribution in [0.4, 0.5) is 0 Å². The molecule has 1 amide bonds. The second-order valence-corrected chi connectivity index (χ2v) is 5.67. The number of aromatic nitrogens is 2. The van der Waals surface area contributed by atoms with Crippen molar-refractivity contribution in [3.8, 4) is 0 Å². The third-order valence-electron chi connectivity index (χ3n) is 4.61. The number of carbonyl (C=O) groups is 3. The van der Waals surface area contributed by atoms with Crippen LogP contribution in [0.1, 0.15) is 23.8 Å². The van der Waals surface area contributed by atoms with Crippen LogP contribution < -0.4 is 0 Å². The SMILES string of the molecule is CCn1ccc(C(=O)N2C[C@@]3(C(=O)O)C[C@@]3(C(=O)O)C2)n1. The molecule has 1 aromatic heterocycles. The first-order valence-corrected chi connectivity index (χ1v) is 6.66. The number of aliphatic carboxylic acids is 2. The Bertz CT molecular complexity index is 626. The number of likely N-dealkylation sites (tertiary alicyclic amines) is 1. The molecule has 3 rings (SSSR count). The molecule has 8 heteroatoms. The van der Waals surface area contributed by atoms with Crippen molar-refractivity contribution in [1.82, 2.24) is 14.7 Å². The third-order valence-corrected chi connectivity index (χ3v) is 4.61. The van der Waals surface area contributed by atoms with Gasteiger partial charge in [-0.3, -0.25) is 19.1 Å². The zero-order valence-electron chi connectivity index (χ0n) is 11.4. The van der Waals surface area contributed by atoms with Crippen molar-refractivity contribution in [3.63, 3.8) is 0 Å². The number of nitrogens with zero attached hydrogens (tertiary/aromatic N) is 3. The van der Waals surface area contributed by atoms with Gasteiger partial charge in [0.05, 0.1) is 0 Å². The van der Waals surface area contributed by atoms with E-state index in [2.05, 4.69) is 5.10 Å². The number of hydrogen-bond acceptors (Lipinski definition) is 4. The number of rotatable bonds is 4. The molecule has 1 aliphatic carbocycles. The van der Waals surface area contributed by atoms with Crippen LogP contribution in [0, 0.1) is 10.8 Å². The van der Waals surface area contributed by atoms with E-state index in [0.717, 1.165) is 0 Å². The molecule has 2 heterocycles. The molecule has 8 nitrogen and oxygen atoms in total. The monoisotopic (exact) mass is 293 g/mol. The minimum Gasteiger partial charge on any atom is -0.481 e. The van der Waals surface area contributed by atoms with E-state index in [4.69, 9.17) is 0 Å². The maximum absolute atomic E-state index is 12.3. The van der Waals surface area contributed by atoms with E-state index in [0.29, 0.717) is 6.54 Å². The maximum Gasteiger partial charge on any atom is 0.312 e. The lowest BCUT2D eigenvalue weighted by Crippen LogP contribution is -2.34. The van der Waals surface area contributed by atoms with Gasteiger partial charge in [0.25, 0.3) is 5.91 Å². The molecule has 0 spiro atoms. The van der Waals surface area contributed by atoms with Crippen LogP contribution in [0.25, 0.3) is 0 Å². The van der Waals surface area contributed by atoms with E-state index >= 15 is 0 Å². The molecule has 2 fully saturated rings. The lowest BCUT2D eigenvalue weighted by molar-refractivity contribution is -0.151. The zero-order chi connectivity index (χ0) is 15.4. The first-order valence-electron chi connectivity index (χ1n) is 6.66. The van der Waals surface area contributed by atoms with E-state index in [1.165, 1.54) is 4.90 Å². The van der Waals surface area contributed by atoms with E-state index in [9.17, 15) is 24.6 Å². The Hall–Kier alpha value is -2.38. The van der Waals surface area contributed by atoms with Gasteiger partial charge in [0, 0.05) is 25.8 Å². The summed E-state index contributed by atoms with van der Waals surface area (Å²) < 4.78 is 1.59. The second kappa shape index (κ2) is 4.06. The highest BCUT2D eigenvalue weighted by molar-refractivity contribution is 5.99. The molecule has 2 N–H and O–H groups in total.